The summed E-state index contributed by atoms with van der Waals surface area (Å²) in [5.41, 5.74) is 5.54. The predicted octanol–water partition coefficient (Wildman–Crippen LogP) is 0.735. The van der Waals surface area contributed by atoms with Crippen molar-refractivity contribution in [3.05, 3.63) is 0 Å². The molecule has 0 saturated carbocycles. The summed E-state index contributed by atoms with van der Waals surface area (Å²) in [5.74, 6) is 0.545. The molecule has 2 amide bonds. The van der Waals surface area contributed by atoms with Gasteiger partial charge in [0.1, 0.15) is 0 Å². The van der Waals surface area contributed by atoms with E-state index in [4.69, 9.17) is 5.73 Å². The Bertz CT molecular complexity index is 310. The summed E-state index contributed by atoms with van der Waals surface area (Å²) in [4.78, 5) is 25.5. The van der Waals surface area contributed by atoms with Crippen LogP contribution < -0.4 is 11.1 Å². The van der Waals surface area contributed by atoms with Crippen molar-refractivity contribution in [3.8, 4) is 0 Å². The van der Waals surface area contributed by atoms with Crippen LogP contribution >= 0.6 is 0 Å². The summed E-state index contributed by atoms with van der Waals surface area (Å²) in [6.45, 7) is 7.79. The maximum absolute atomic E-state index is 12.0. The Morgan fingerprint density at radius 3 is 2.32 bits per heavy atom. The number of hydrogen-bond donors (Lipinski definition) is 2. The summed E-state index contributed by atoms with van der Waals surface area (Å²) in [5, 5.41) is 3.03. The molecule has 0 aliphatic carbocycles. The average molecular weight is 269 g/mol. The molecule has 0 aromatic rings. The van der Waals surface area contributed by atoms with Gasteiger partial charge in [-0.2, -0.15) is 0 Å². The van der Waals surface area contributed by atoms with E-state index in [9.17, 15) is 9.59 Å². The van der Waals surface area contributed by atoms with Crippen LogP contribution in [0.15, 0.2) is 0 Å². The lowest BCUT2D eigenvalue weighted by Gasteiger charge is -2.33. The number of nitrogens with zero attached hydrogens (tertiary/aromatic N) is 1. The fourth-order valence-electron chi connectivity index (χ4n) is 2.15. The number of nitrogens with one attached hydrogen (secondary N) is 1. The van der Waals surface area contributed by atoms with Crippen LogP contribution in [0.4, 0.5) is 0 Å². The first-order chi connectivity index (χ1) is 8.93. The zero-order chi connectivity index (χ0) is 14.4. The second kappa shape index (κ2) is 7.48. The largest absolute Gasteiger partial charge is 0.353 e. The molecule has 1 aliphatic rings. The van der Waals surface area contributed by atoms with Crippen molar-refractivity contribution in [1.82, 2.24) is 10.2 Å². The molecule has 0 spiro atoms. The Morgan fingerprint density at radius 1 is 1.26 bits per heavy atom. The highest BCUT2D eigenvalue weighted by Crippen LogP contribution is 2.14. The molecule has 0 bridgehead atoms. The fourth-order valence-corrected chi connectivity index (χ4v) is 2.15. The van der Waals surface area contributed by atoms with Crippen molar-refractivity contribution in [3.63, 3.8) is 0 Å². The van der Waals surface area contributed by atoms with Crippen LogP contribution in [0.3, 0.4) is 0 Å². The van der Waals surface area contributed by atoms with Crippen molar-refractivity contribution in [1.29, 1.82) is 0 Å². The molecule has 5 heteroatoms. The smallest absolute Gasteiger partial charge is 0.222 e. The van der Waals surface area contributed by atoms with E-state index in [-0.39, 0.29) is 29.7 Å². The molecular weight excluding hydrogens is 242 g/mol. The van der Waals surface area contributed by atoms with Gasteiger partial charge in [-0.3, -0.25) is 9.59 Å². The van der Waals surface area contributed by atoms with Crippen molar-refractivity contribution < 1.29 is 9.59 Å². The molecule has 0 aromatic carbocycles. The zero-order valence-electron chi connectivity index (χ0n) is 12.3. The molecule has 19 heavy (non-hydrogen) atoms. The summed E-state index contributed by atoms with van der Waals surface area (Å²) in [7, 11) is 0. The van der Waals surface area contributed by atoms with Crippen LogP contribution in [0, 0.1) is 11.8 Å². The van der Waals surface area contributed by atoms with Crippen LogP contribution in [0.5, 0.6) is 0 Å². The van der Waals surface area contributed by atoms with Gasteiger partial charge < -0.3 is 16.0 Å². The van der Waals surface area contributed by atoms with Crippen molar-refractivity contribution in [2.45, 2.75) is 46.1 Å². The van der Waals surface area contributed by atoms with Gasteiger partial charge in [0.15, 0.2) is 0 Å². The predicted molar refractivity (Wildman–Crippen MR) is 75.4 cm³/mol. The van der Waals surface area contributed by atoms with E-state index < -0.39 is 0 Å². The lowest BCUT2D eigenvalue weighted by Crippen LogP contribution is -2.47. The molecule has 1 atom stereocenters. The summed E-state index contributed by atoms with van der Waals surface area (Å²) in [6, 6.07) is 0.214. The minimum Gasteiger partial charge on any atom is -0.353 e. The van der Waals surface area contributed by atoms with E-state index in [1.54, 1.807) is 0 Å². The highest BCUT2D eigenvalue weighted by molar-refractivity contribution is 5.78. The maximum Gasteiger partial charge on any atom is 0.222 e. The number of hydrogen-bond acceptors (Lipinski definition) is 3. The Morgan fingerprint density at radius 2 is 1.84 bits per heavy atom. The SMILES string of the molecule is CC(CN)CC(=O)N1CCC(NC(=O)C(C)C)CC1. The van der Waals surface area contributed by atoms with E-state index in [0.29, 0.717) is 13.0 Å². The van der Waals surface area contributed by atoms with Gasteiger partial charge in [0.25, 0.3) is 0 Å². The number of rotatable bonds is 5. The van der Waals surface area contributed by atoms with Crippen LogP contribution in [-0.2, 0) is 9.59 Å². The number of piperidine rings is 1. The standard InChI is InChI=1S/C14H27N3O2/c1-10(2)14(19)16-12-4-6-17(7-5-12)13(18)8-11(3)9-15/h10-12H,4-9,15H2,1-3H3,(H,16,19). The Labute approximate surface area is 115 Å². The van der Waals surface area contributed by atoms with Crippen LogP contribution in [0.1, 0.15) is 40.0 Å². The molecule has 1 aliphatic heterocycles. The summed E-state index contributed by atoms with van der Waals surface area (Å²) in [6.07, 6.45) is 2.22. The normalized spacial score (nSPS) is 18.5. The van der Waals surface area contributed by atoms with Gasteiger partial charge in [0.05, 0.1) is 0 Å². The molecule has 1 rings (SSSR count). The monoisotopic (exact) mass is 269 g/mol. The minimum absolute atomic E-state index is 0.0186. The zero-order valence-corrected chi connectivity index (χ0v) is 12.3. The van der Waals surface area contributed by atoms with Gasteiger partial charge in [-0.25, -0.2) is 0 Å². The van der Waals surface area contributed by atoms with Gasteiger partial charge in [0.2, 0.25) is 11.8 Å². The minimum atomic E-state index is 0.0186. The summed E-state index contributed by atoms with van der Waals surface area (Å²) < 4.78 is 0. The Kier molecular flexibility index (Phi) is 6.28. The lowest BCUT2D eigenvalue weighted by atomic mass is 10.0. The molecule has 1 fully saturated rings. The molecule has 0 radical (unpaired) electrons. The summed E-state index contributed by atoms with van der Waals surface area (Å²) >= 11 is 0. The van der Waals surface area contributed by atoms with Crippen LogP contribution in [0.2, 0.25) is 0 Å². The number of carbonyl (C=O) groups excluding carboxylic acids is 2. The molecule has 1 saturated heterocycles. The van der Waals surface area contributed by atoms with E-state index in [0.717, 1.165) is 25.9 Å². The van der Waals surface area contributed by atoms with Gasteiger partial charge >= 0.3 is 0 Å². The highest BCUT2D eigenvalue weighted by Gasteiger charge is 2.24. The first kappa shape index (κ1) is 16.0. The third kappa shape index (κ3) is 5.19. The quantitative estimate of drug-likeness (QED) is 0.773. The van der Waals surface area contributed by atoms with Gasteiger partial charge in [-0.05, 0) is 25.3 Å². The molecule has 1 heterocycles. The Balaban J connectivity index is 2.32. The topological polar surface area (TPSA) is 75.4 Å². The number of amides is 2. The Hall–Kier alpha value is -1.10. The number of nitrogens with two attached hydrogens (primary N) is 1. The van der Waals surface area contributed by atoms with E-state index in [2.05, 4.69) is 5.32 Å². The molecule has 1 unspecified atom stereocenters. The van der Waals surface area contributed by atoms with Gasteiger partial charge in [-0.15, -0.1) is 0 Å². The third-order valence-corrected chi connectivity index (χ3v) is 3.64. The molecule has 5 nitrogen and oxygen atoms in total. The van der Waals surface area contributed by atoms with E-state index in [1.165, 1.54) is 0 Å². The lowest BCUT2D eigenvalue weighted by molar-refractivity contribution is -0.133. The van der Waals surface area contributed by atoms with Crippen molar-refractivity contribution in [2.75, 3.05) is 19.6 Å². The molecular formula is C14H27N3O2. The van der Waals surface area contributed by atoms with E-state index >= 15 is 0 Å². The number of likely N-dealkylation sites (tertiary alicyclic amines) is 1. The maximum atomic E-state index is 12.0. The second-order valence-electron chi connectivity index (χ2n) is 5.86. The van der Waals surface area contributed by atoms with Crippen LogP contribution in [-0.4, -0.2) is 42.4 Å². The van der Waals surface area contributed by atoms with Crippen molar-refractivity contribution in [2.24, 2.45) is 17.6 Å². The second-order valence-corrected chi connectivity index (χ2v) is 5.86. The first-order valence-electron chi connectivity index (χ1n) is 7.22. The average Bonchev–Trinajstić information content (AvgIpc) is 2.39. The van der Waals surface area contributed by atoms with Crippen molar-refractivity contribution >= 4 is 11.8 Å². The number of carbonyl (C=O) groups is 2. The highest BCUT2D eigenvalue weighted by atomic mass is 16.2. The third-order valence-electron chi connectivity index (χ3n) is 3.64. The molecule has 110 valence electrons. The first-order valence-corrected chi connectivity index (χ1v) is 7.22. The molecule has 0 aromatic heterocycles. The van der Waals surface area contributed by atoms with Gasteiger partial charge in [-0.1, -0.05) is 20.8 Å². The molecule has 3 N–H and O–H groups in total. The van der Waals surface area contributed by atoms with E-state index in [1.807, 2.05) is 25.7 Å². The fraction of sp³-hybridized carbons (Fsp3) is 0.857. The van der Waals surface area contributed by atoms with Crippen LogP contribution in [0.25, 0.3) is 0 Å². The van der Waals surface area contributed by atoms with Gasteiger partial charge in [0, 0.05) is 31.5 Å².